The molecule has 0 spiro atoms. The number of rotatable bonds is 3. The van der Waals surface area contributed by atoms with E-state index in [4.69, 9.17) is 16.0 Å². The van der Waals surface area contributed by atoms with Crippen molar-refractivity contribution in [3.8, 4) is 0 Å². The number of halogens is 1. The van der Waals surface area contributed by atoms with Gasteiger partial charge < -0.3 is 9.73 Å². The van der Waals surface area contributed by atoms with Crippen LogP contribution in [0.2, 0.25) is 5.28 Å². The van der Waals surface area contributed by atoms with E-state index in [0.29, 0.717) is 18.3 Å². The molecule has 2 aromatic heterocycles. The minimum absolute atomic E-state index is 0.213. The van der Waals surface area contributed by atoms with Gasteiger partial charge in [0.2, 0.25) is 11.2 Å². The standard InChI is InChI=1S/C10H11ClN4O/c1-6-7(2)16-9(14-6)5-13-8-3-4-12-10(11)15-8/h3-4H,5H2,1-2H3,(H,12,13,15). The fraction of sp³-hybridized carbons (Fsp3) is 0.300. The molecule has 84 valence electrons. The summed E-state index contributed by atoms with van der Waals surface area (Å²) in [6, 6.07) is 1.73. The number of anilines is 1. The number of aromatic nitrogens is 3. The lowest BCUT2D eigenvalue weighted by atomic mass is 10.4. The lowest BCUT2D eigenvalue weighted by Crippen LogP contribution is -2.02. The number of nitrogens with one attached hydrogen (secondary N) is 1. The van der Waals surface area contributed by atoms with Crippen LogP contribution in [0.3, 0.4) is 0 Å². The molecular formula is C10H11ClN4O. The molecule has 0 aliphatic carbocycles. The van der Waals surface area contributed by atoms with Crippen LogP contribution in [0.4, 0.5) is 5.82 Å². The van der Waals surface area contributed by atoms with Crippen LogP contribution in [0.15, 0.2) is 16.7 Å². The molecule has 0 saturated carbocycles. The van der Waals surface area contributed by atoms with Crippen LogP contribution in [0.1, 0.15) is 17.3 Å². The SMILES string of the molecule is Cc1nc(CNc2ccnc(Cl)n2)oc1C. The Bertz CT molecular complexity index is 478. The van der Waals surface area contributed by atoms with Gasteiger partial charge in [0.25, 0.3) is 0 Å². The molecule has 0 amide bonds. The predicted molar refractivity (Wildman–Crippen MR) is 60.3 cm³/mol. The van der Waals surface area contributed by atoms with Gasteiger partial charge >= 0.3 is 0 Å². The quantitative estimate of drug-likeness (QED) is 0.832. The molecule has 0 bridgehead atoms. The van der Waals surface area contributed by atoms with Crippen molar-refractivity contribution in [3.63, 3.8) is 0 Å². The fourth-order valence-corrected chi connectivity index (χ4v) is 1.36. The van der Waals surface area contributed by atoms with Gasteiger partial charge in [-0.15, -0.1) is 0 Å². The number of aryl methyl sites for hydroxylation is 2. The molecule has 6 heteroatoms. The first-order valence-corrected chi connectivity index (χ1v) is 5.18. The first kappa shape index (κ1) is 10.9. The Morgan fingerprint density at radius 2 is 2.19 bits per heavy atom. The molecule has 16 heavy (non-hydrogen) atoms. The highest BCUT2D eigenvalue weighted by molar-refractivity contribution is 6.28. The summed E-state index contributed by atoms with van der Waals surface area (Å²) in [6.07, 6.45) is 1.59. The van der Waals surface area contributed by atoms with Gasteiger partial charge in [0.1, 0.15) is 11.6 Å². The van der Waals surface area contributed by atoms with Gasteiger partial charge in [-0.05, 0) is 31.5 Å². The van der Waals surface area contributed by atoms with Crippen molar-refractivity contribution in [2.45, 2.75) is 20.4 Å². The highest BCUT2D eigenvalue weighted by Crippen LogP contribution is 2.11. The van der Waals surface area contributed by atoms with E-state index in [1.54, 1.807) is 12.3 Å². The van der Waals surface area contributed by atoms with Gasteiger partial charge in [-0.3, -0.25) is 0 Å². The molecule has 0 aliphatic heterocycles. The summed E-state index contributed by atoms with van der Waals surface area (Å²) in [5.41, 5.74) is 0.900. The first-order chi connectivity index (χ1) is 7.65. The van der Waals surface area contributed by atoms with Crippen LogP contribution >= 0.6 is 11.6 Å². The van der Waals surface area contributed by atoms with Gasteiger partial charge in [0, 0.05) is 6.20 Å². The lowest BCUT2D eigenvalue weighted by molar-refractivity contribution is 0.478. The third-order valence-electron chi connectivity index (χ3n) is 2.12. The minimum Gasteiger partial charge on any atom is -0.444 e. The van der Waals surface area contributed by atoms with Crippen molar-refractivity contribution >= 4 is 17.4 Å². The number of hydrogen-bond acceptors (Lipinski definition) is 5. The molecule has 2 heterocycles. The van der Waals surface area contributed by atoms with Crippen molar-refractivity contribution in [3.05, 3.63) is 34.9 Å². The fourth-order valence-electron chi connectivity index (χ4n) is 1.21. The van der Waals surface area contributed by atoms with E-state index < -0.39 is 0 Å². The smallest absolute Gasteiger partial charge is 0.224 e. The van der Waals surface area contributed by atoms with Crippen molar-refractivity contribution < 1.29 is 4.42 Å². The summed E-state index contributed by atoms with van der Waals surface area (Å²) in [5, 5.41) is 3.26. The molecule has 5 nitrogen and oxygen atoms in total. The molecule has 0 fully saturated rings. The molecule has 0 aliphatic rings. The van der Waals surface area contributed by atoms with E-state index in [0.717, 1.165) is 11.5 Å². The second-order valence-electron chi connectivity index (χ2n) is 3.31. The van der Waals surface area contributed by atoms with Crippen LogP contribution in [-0.4, -0.2) is 15.0 Å². The molecule has 0 atom stereocenters. The number of hydrogen-bond donors (Lipinski definition) is 1. The van der Waals surface area contributed by atoms with E-state index in [1.807, 2.05) is 13.8 Å². The first-order valence-electron chi connectivity index (χ1n) is 4.80. The Kier molecular flexibility index (Phi) is 3.05. The highest BCUT2D eigenvalue weighted by Gasteiger charge is 2.05. The molecule has 0 aromatic carbocycles. The van der Waals surface area contributed by atoms with Crippen LogP contribution in [0.5, 0.6) is 0 Å². The molecule has 2 rings (SSSR count). The Morgan fingerprint density at radius 3 is 2.81 bits per heavy atom. The van der Waals surface area contributed by atoms with Crippen molar-refractivity contribution in [2.24, 2.45) is 0 Å². The maximum atomic E-state index is 5.65. The van der Waals surface area contributed by atoms with E-state index in [1.165, 1.54) is 0 Å². The Labute approximate surface area is 97.9 Å². The van der Waals surface area contributed by atoms with Crippen LogP contribution in [-0.2, 0) is 6.54 Å². The van der Waals surface area contributed by atoms with E-state index in [9.17, 15) is 0 Å². The lowest BCUT2D eigenvalue weighted by Gasteiger charge is -2.01. The molecule has 0 radical (unpaired) electrons. The van der Waals surface area contributed by atoms with Crippen LogP contribution in [0.25, 0.3) is 0 Å². The largest absolute Gasteiger partial charge is 0.444 e. The third kappa shape index (κ3) is 2.49. The van der Waals surface area contributed by atoms with Gasteiger partial charge in [0.15, 0.2) is 0 Å². The summed E-state index contributed by atoms with van der Waals surface area (Å²) in [4.78, 5) is 12.0. The van der Waals surface area contributed by atoms with E-state index in [-0.39, 0.29) is 5.28 Å². The monoisotopic (exact) mass is 238 g/mol. The van der Waals surface area contributed by atoms with Crippen LogP contribution < -0.4 is 5.32 Å². The Balaban J connectivity index is 2.02. The predicted octanol–water partition coefficient (Wildman–Crippen LogP) is 2.35. The zero-order valence-electron chi connectivity index (χ0n) is 8.99. The maximum absolute atomic E-state index is 5.65. The van der Waals surface area contributed by atoms with Crippen molar-refractivity contribution in [1.29, 1.82) is 0 Å². The normalized spacial score (nSPS) is 10.4. The maximum Gasteiger partial charge on any atom is 0.224 e. The van der Waals surface area contributed by atoms with Gasteiger partial charge in [-0.1, -0.05) is 0 Å². The summed E-state index contributed by atoms with van der Waals surface area (Å²) in [5.74, 6) is 2.11. The van der Waals surface area contributed by atoms with Gasteiger partial charge in [0.05, 0.1) is 12.2 Å². The van der Waals surface area contributed by atoms with Crippen molar-refractivity contribution in [1.82, 2.24) is 15.0 Å². The Morgan fingerprint density at radius 1 is 1.38 bits per heavy atom. The van der Waals surface area contributed by atoms with Gasteiger partial charge in [-0.25, -0.2) is 15.0 Å². The number of nitrogens with zero attached hydrogens (tertiary/aromatic N) is 3. The second-order valence-corrected chi connectivity index (χ2v) is 3.65. The van der Waals surface area contributed by atoms with Crippen molar-refractivity contribution in [2.75, 3.05) is 5.32 Å². The molecular weight excluding hydrogens is 228 g/mol. The van der Waals surface area contributed by atoms with E-state index >= 15 is 0 Å². The zero-order chi connectivity index (χ0) is 11.5. The summed E-state index contributed by atoms with van der Waals surface area (Å²) in [7, 11) is 0. The minimum atomic E-state index is 0.213. The summed E-state index contributed by atoms with van der Waals surface area (Å²) in [6.45, 7) is 4.26. The van der Waals surface area contributed by atoms with Gasteiger partial charge in [-0.2, -0.15) is 0 Å². The zero-order valence-corrected chi connectivity index (χ0v) is 9.75. The van der Waals surface area contributed by atoms with E-state index in [2.05, 4.69) is 20.3 Å². The molecule has 1 N–H and O–H groups in total. The highest BCUT2D eigenvalue weighted by atomic mass is 35.5. The topological polar surface area (TPSA) is 63.8 Å². The Hall–Kier alpha value is -1.62. The second kappa shape index (κ2) is 4.49. The van der Waals surface area contributed by atoms with Crippen LogP contribution in [0, 0.1) is 13.8 Å². The average molecular weight is 239 g/mol. The average Bonchev–Trinajstić information content (AvgIpc) is 2.56. The summed E-state index contributed by atoms with van der Waals surface area (Å²) < 4.78 is 5.42. The molecule has 0 saturated heterocycles. The molecule has 2 aromatic rings. The summed E-state index contributed by atoms with van der Waals surface area (Å²) >= 11 is 5.65. The third-order valence-corrected chi connectivity index (χ3v) is 2.30. The molecule has 0 unspecified atom stereocenters. The number of oxazole rings is 1.